The van der Waals surface area contributed by atoms with E-state index in [4.69, 9.17) is 20.8 Å². The van der Waals surface area contributed by atoms with E-state index in [9.17, 15) is 14.7 Å². The number of rotatable bonds is 6. The second-order valence-corrected chi connectivity index (χ2v) is 8.18. The van der Waals surface area contributed by atoms with Crippen LogP contribution in [0.1, 0.15) is 22.2 Å². The van der Waals surface area contributed by atoms with Crippen molar-refractivity contribution in [2.45, 2.75) is 6.04 Å². The van der Waals surface area contributed by atoms with E-state index >= 15 is 0 Å². The van der Waals surface area contributed by atoms with Crippen LogP contribution in [0.2, 0.25) is 5.02 Å². The third-order valence-corrected chi connectivity index (χ3v) is 5.72. The summed E-state index contributed by atoms with van der Waals surface area (Å²) in [4.78, 5) is 27.6. The molecule has 154 valence electrons. The van der Waals surface area contributed by atoms with Gasteiger partial charge in [-0.3, -0.25) is 9.59 Å². The molecule has 8 heteroatoms. The first-order valence-electron chi connectivity index (χ1n) is 9.13. The number of amides is 1. The molecule has 1 aromatic heterocycles. The molecule has 0 aliphatic carbocycles. The van der Waals surface area contributed by atoms with Crippen LogP contribution >= 0.6 is 27.5 Å². The number of furan rings is 1. The van der Waals surface area contributed by atoms with Crippen molar-refractivity contribution in [1.82, 2.24) is 4.90 Å². The Balaban J connectivity index is 1.79. The summed E-state index contributed by atoms with van der Waals surface area (Å²) < 4.78 is 11.7. The van der Waals surface area contributed by atoms with Crippen LogP contribution in [0.3, 0.4) is 0 Å². The SMILES string of the molecule is COCCN1C(=O)C(O)=C(C(=O)c2cc3cc(Br)ccc3o2)C1c1ccc(Cl)cc1. The average Bonchev–Trinajstić information content (AvgIpc) is 3.26. The van der Waals surface area contributed by atoms with Crippen LogP contribution in [0.4, 0.5) is 0 Å². The fraction of sp³-hybridized carbons (Fsp3) is 0.182. The monoisotopic (exact) mass is 489 g/mol. The van der Waals surface area contributed by atoms with Crippen LogP contribution in [-0.4, -0.2) is 42.0 Å². The Morgan fingerprint density at radius 3 is 2.67 bits per heavy atom. The van der Waals surface area contributed by atoms with Crippen LogP contribution in [0.25, 0.3) is 11.0 Å². The zero-order valence-corrected chi connectivity index (χ0v) is 18.2. The lowest BCUT2D eigenvalue weighted by molar-refractivity contribution is -0.130. The third kappa shape index (κ3) is 3.64. The van der Waals surface area contributed by atoms with Crippen LogP contribution in [-0.2, 0) is 9.53 Å². The maximum Gasteiger partial charge on any atom is 0.290 e. The molecule has 6 nitrogen and oxygen atoms in total. The van der Waals surface area contributed by atoms with E-state index in [-0.39, 0.29) is 24.5 Å². The van der Waals surface area contributed by atoms with Gasteiger partial charge in [-0.2, -0.15) is 0 Å². The number of Topliss-reactive ketones (excluding diaryl/α,β-unsaturated/α-hetero) is 1. The fourth-order valence-electron chi connectivity index (χ4n) is 3.56. The summed E-state index contributed by atoms with van der Waals surface area (Å²) >= 11 is 9.39. The molecule has 2 aromatic carbocycles. The number of benzene rings is 2. The molecular formula is C22H17BrClNO5. The first-order chi connectivity index (χ1) is 14.4. The minimum absolute atomic E-state index is 0.0310. The van der Waals surface area contributed by atoms with Crippen molar-refractivity contribution in [3.05, 3.63) is 80.7 Å². The van der Waals surface area contributed by atoms with E-state index in [0.717, 1.165) is 9.86 Å². The van der Waals surface area contributed by atoms with Crippen molar-refractivity contribution in [2.75, 3.05) is 20.3 Å². The summed E-state index contributed by atoms with van der Waals surface area (Å²) in [7, 11) is 1.52. The lowest BCUT2D eigenvalue weighted by atomic mass is 9.95. The molecule has 1 N–H and O–H groups in total. The number of ether oxygens (including phenoxy) is 1. The number of carbonyl (C=O) groups excluding carboxylic acids is 2. The molecule has 1 atom stereocenters. The molecule has 0 saturated heterocycles. The molecule has 0 radical (unpaired) electrons. The quantitative estimate of drug-likeness (QED) is 0.488. The molecule has 1 aliphatic rings. The Kier molecular flexibility index (Phi) is 5.69. The van der Waals surface area contributed by atoms with Gasteiger partial charge in [0.15, 0.2) is 11.5 Å². The van der Waals surface area contributed by atoms with Gasteiger partial charge in [0.1, 0.15) is 5.58 Å². The zero-order chi connectivity index (χ0) is 21.4. The van der Waals surface area contributed by atoms with Crippen LogP contribution in [0, 0.1) is 0 Å². The molecule has 0 bridgehead atoms. The molecule has 30 heavy (non-hydrogen) atoms. The van der Waals surface area contributed by atoms with Gasteiger partial charge >= 0.3 is 0 Å². The van der Waals surface area contributed by atoms with Crippen LogP contribution in [0.15, 0.2) is 68.8 Å². The number of nitrogens with zero attached hydrogens (tertiary/aromatic N) is 1. The Bertz CT molecular complexity index is 1170. The van der Waals surface area contributed by atoms with Crippen molar-refractivity contribution in [1.29, 1.82) is 0 Å². The highest BCUT2D eigenvalue weighted by Crippen LogP contribution is 2.39. The number of carbonyl (C=O) groups is 2. The Hall–Kier alpha value is -2.61. The minimum atomic E-state index is -0.780. The van der Waals surface area contributed by atoms with Gasteiger partial charge in [-0.25, -0.2) is 0 Å². The Labute approximate surface area is 185 Å². The van der Waals surface area contributed by atoms with Gasteiger partial charge in [-0.15, -0.1) is 0 Å². The van der Waals surface area contributed by atoms with Crippen molar-refractivity contribution >= 4 is 50.2 Å². The number of hydrogen-bond donors (Lipinski definition) is 1. The maximum atomic E-state index is 13.4. The number of methoxy groups -OCH3 is 1. The molecule has 2 heterocycles. The molecule has 0 fully saturated rings. The molecule has 1 unspecified atom stereocenters. The van der Waals surface area contributed by atoms with Gasteiger partial charge < -0.3 is 19.2 Å². The van der Waals surface area contributed by atoms with E-state index < -0.39 is 23.5 Å². The topological polar surface area (TPSA) is 80.0 Å². The normalized spacial score (nSPS) is 16.7. The van der Waals surface area contributed by atoms with Crippen molar-refractivity contribution in [3.63, 3.8) is 0 Å². The lowest BCUT2D eigenvalue weighted by Crippen LogP contribution is -2.33. The zero-order valence-electron chi connectivity index (χ0n) is 15.9. The van der Waals surface area contributed by atoms with Crippen LogP contribution < -0.4 is 0 Å². The summed E-state index contributed by atoms with van der Waals surface area (Å²) in [5.74, 6) is -1.72. The van der Waals surface area contributed by atoms with E-state index in [1.807, 2.05) is 6.07 Å². The molecule has 3 aromatic rings. The Morgan fingerprint density at radius 2 is 1.97 bits per heavy atom. The summed E-state index contributed by atoms with van der Waals surface area (Å²) in [6, 6.07) is 13.0. The van der Waals surface area contributed by atoms with E-state index in [2.05, 4.69) is 15.9 Å². The van der Waals surface area contributed by atoms with Gasteiger partial charge in [-0.1, -0.05) is 39.7 Å². The van der Waals surface area contributed by atoms with Crippen LogP contribution in [0.5, 0.6) is 0 Å². The number of halogens is 2. The summed E-state index contributed by atoms with van der Waals surface area (Å²) in [5.41, 5.74) is 1.15. The van der Waals surface area contributed by atoms with Crippen molar-refractivity contribution < 1.29 is 23.8 Å². The maximum absolute atomic E-state index is 13.4. The van der Waals surface area contributed by atoms with Gasteiger partial charge in [-0.05, 0) is 42.0 Å². The highest BCUT2D eigenvalue weighted by Gasteiger charge is 2.44. The van der Waals surface area contributed by atoms with Gasteiger partial charge in [0.05, 0.1) is 18.2 Å². The number of aliphatic hydroxyl groups is 1. The van der Waals surface area contributed by atoms with Gasteiger partial charge in [0, 0.05) is 28.5 Å². The molecule has 0 spiro atoms. The highest BCUT2D eigenvalue weighted by molar-refractivity contribution is 9.10. The summed E-state index contributed by atoms with van der Waals surface area (Å²) in [6.07, 6.45) is 0. The van der Waals surface area contributed by atoms with Crippen molar-refractivity contribution in [3.8, 4) is 0 Å². The van der Waals surface area contributed by atoms with E-state index in [1.165, 1.54) is 12.0 Å². The fourth-order valence-corrected chi connectivity index (χ4v) is 4.06. The molecule has 1 aliphatic heterocycles. The molecular weight excluding hydrogens is 474 g/mol. The number of hydrogen-bond acceptors (Lipinski definition) is 5. The molecule has 1 amide bonds. The standard InChI is InChI=1S/C22H17BrClNO5/c1-29-9-8-25-19(12-2-5-15(24)6-3-12)18(21(27)22(25)28)20(26)17-11-13-10-14(23)4-7-16(13)30-17/h2-7,10-11,19,27H,8-9H2,1H3. The minimum Gasteiger partial charge on any atom is -0.503 e. The molecule has 0 saturated carbocycles. The van der Waals surface area contributed by atoms with Gasteiger partial charge in [0.2, 0.25) is 5.78 Å². The summed E-state index contributed by atoms with van der Waals surface area (Å²) in [5, 5.41) is 11.9. The largest absolute Gasteiger partial charge is 0.503 e. The predicted octanol–water partition coefficient (Wildman–Crippen LogP) is 5.07. The number of fused-ring (bicyclic) bond motifs is 1. The number of ketones is 1. The first kappa shape index (κ1) is 20.7. The Morgan fingerprint density at radius 1 is 1.23 bits per heavy atom. The molecule has 4 rings (SSSR count). The van der Waals surface area contributed by atoms with E-state index in [0.29, 0.717) is 16.2 Å². The lowest BCUT2D eigenvalue weighted by Gasteiger charge is -2.26. The van der Waals surface area contributed by atoms with Crippen molar-refractivity contribution in [2.24, 2.45) is 0 Å². The summed E-state index contributed by atoms with van der Waals surface area (Å²) in [6.45, 7) is 0.458. The second-order valence-electron chi connectivity index (χ2n) is 6.83. The highest BCUT2D eigenvalue weighted by atomic mass is 79.9. The first-order valence-corrected chi connectivity index (χ1v) is 10.3. The number of aliphatic hydroxyl groups excluding tert-OH is 1. The second kappa shape index (κ2) is 8.26. The van der Waals surface area contributed by atoms with Gasteiger partial charge in [0.25, 0.3) is 5.91 Å². The third-order valence-electron chi connectivity index (χ3n) is 4.97. The smallest absolute Gasteiger partial charge is 0.290 e. The van der Waals surface area contributed by atoms with E-state index in [1.54, 1.807) is 42.5 Å². The predicted molar refractivity (Wildman–Crippen MR) is 116 cm³/mol. The average molecular weight is 491 g/mol.